The van der Waals surface area contributed by atoms with Crippen LogP contribution in [0.3, 0.4) is 0 Å². The Morgan fingerprint density at radius 3 is 2.56 bits per heavy atom. The zero-order valence-corrected chi connectivity index (χ0v) is 11.0. The van der Waals surface area contributed by atoms with Gasteiger partial charge in [-0.2, -0.15) is 0 Å². The summed E-state index contributed by atoms with van der Waals surface area (Å²) >= 11 is 5.83. The molecule has 2 aromatic rings. The molecule has 0 aliphatic carbocycles. The van der Waals surface area contributed by atoms with E-state index in [-0.39, 0.29) is 6.04 Å². The highest BCUT2D eigenvalue weighted by Crippen LogP contribution is 2.19. The number of hydrogen-bond acceptors (Lipinski definition) is 2. The molecule has 0 aliphatic heterocycles. The maximum atomic E-state index is 5.84. The minimum absolute atomic E-state index is 0.0177. The van der Waals surface area contributed by atoms with E-state index in [4.69, 9.17) is 22.1 Å². The van der Waals surface area contributed by atoms with Crippen molar-refractivity contribution in [2.45, 2.75) is 19.6 Å². The summed E-state index contributed by atoms with van der Waals surface area (Å²) < 4.78 is 5.72. The van der Waals surface area contributed by atoms with Crippen LogP contribution >= 0.6 is 11.6 Å². The third-order valence-electron chi connectivity index (χ3n) is 2.70. The van der Waals surface area contributed by atoms with Gasteiger partial charge >= 0.3 is 0 Å². The third-order valence-corrected chi connectivity index (χ3v) is 2.95. The van der Waals surface area contributed by atoms with E-state index in [0.29, 0.717) is 6.61 Å². The van der Waals surface area contributed by atoms with Gasteiger partial charge in [0.2, 0.25) is 0 Å². The molecule has 2 aromatic carbocycles. The molecule has 0 saturated carbocycles. The second-order valence-electron chi connectivity index (χ2n) is 4.28. The second kappa shape index (κ2) is 5.89. The molecule has 18 heavy (non-hydrogen) atoms. The fourth-order valence-electron chi connectivity index (χ4n) is 1.63. The lowest BCUT2D eigenvalue weighted by molar-refractivity contribution is 0.306. The van der Waals surface area contributed by atoms with Crippen LogP contribution in [0, 0.1) is 0 Å². The molecule has 0 aliphatic rings. The van der Waals surface area contributed by atoms with Crippen LogP contribution in [0.2, 0.25) is 5.02 Å². The highest BCUT2D eigenvalue weighted by molar-refractivity contribution is 6.30. The molecule has 2 nitrogen and oxygen atoms in total. The van der Waals surface area contributed by atoms with Gasteiger partial charge in [0, 0.05) is 11.1 Å². The number of benzene rings is 2. The van der Waals surface area contributed by atoms with E-state index in [1.165, 1.54) is 0 Å². The van der Waals surface area contributed by atoms with E-state index >= 15 is 0 Å². The minimum Gasteiger partial charge on any atom is -0.489 e. The highest BCUT2D eigenvalue weighted by Gasteiger charge is 2.01. The van der Waals surface area contributed by atoms with Gasteiger partial charge in [-0.15, -0.1) is 0 Å². The molecule has 0 unspecified atom stereocenters. The zero-order valence-electron chi connectivity index (χ0n) is 10.3. The van der Waals surface area contributed by atoms with Crippen molar-refractivity contribution in [3.63, 3.8) is 0 Å². The van der Waals surface area contributed by atoms with Crippen molar-refractivity contribution in [1.29, 1.82) is 0 Å². The smallest absolute Gasteiger partial charge is 0.120 e. The molecule has 0 bridgehead atoms. The lowest BCUT2D eigenvalue weighted by atomic mass is 10.1. The van der Waals surface area contributed by atoms with Crippen LogP contribution < -0.4 is 10.5 Å². The Kier molecular flexibility index (Phi) is 4.24. The van der Waals surface area contributed by atoms with Crippen LogP contribution in [0.4, 0.5) is 0 Å². The van der Waals surface area contributed by atoms with Crippen molar-refractivity contribution in [2.24, 2.45) is 5.73 Å². The van der Waals surface area contributed by atoms with E-state index in [1.54, 1.807) is 0 Å². The third kappa shape index (κ3) is 3.49. The van der Waals surface area contributed by atoms with Crippen molar-refractivity contribution < 1.29 is 4.74 Å². The molecule has 0 aromatic heterocycles. The summed E-state index contributed by atoms with van der Waals surface area (Å²) in [5.74, 6) is 0.833. The van der Waals surface area contributed by atoms with E-state index in [1.807, 2.05) is 55.5 Å². The van der Waals surface area contributed by atoms with Crippen molar-refractivity contribution in [3.05, 3.63) is 64.7 Å². The van der Waals surface area contributed by atoms with Crippen LogP contribution in [0.15, 0.2) is 48.5 Å². The number of halogens is 1. The summed E-state index contributed by atoms with van der Waals surface area (Å²) in [6, 6.07) is 15.5. The Labute approximate surface area is 112 Å². The van der Waals surface area contributed by atoms with Gasteiger partial charge < -0.3 is 10.5 Å². The molecule has 3 heteroatoms. The average molecular weight is 262 g/mol. The molecule has 94 valence electrons. The summed E-state index contributed by atoms with van der Waals surface area (Å²) in [5.41, 5.74) is 8.00. The topological polar surface area (TPSA) is 35.2 Å². The van der Waals surface area contributed by atoms with Crippen LogP contribution in [0.1, 0.15) is 24.1 Å². The van der Waals surface area contributed by atoms with Crippen molar-refractivity contribution in [1.82, 2.24) is 0 Å². The fraction of sp³-hybridized carbons (Fsp3) is 0.200. The second-order valence-corrected chi connectivity index (χ2v) is 4.71. The number of hydrogen-bond donors (Lipinski definition) is 1. The molecule has 0 heterocycles. The van der Waals surface area contributed by atoms with Crippen LogP contribution in [0.25, 0.3) is 0 Å². The first-order valence-corrected chi connectivity index (χ1v) is 6.26. The van der Waals surface area contributed by atoms with Crippen molar-refractivity contribution >= 4 is 11.6 Å². The largest absolute Gasteiger partial charge is 0.489 e. The molecular weight excluding hydrogens is 246 g/mol. The van der Waals surface area contributed by atoms with Gasteiger partial charge in [0.05, 0.1) is 0 Å². The van der Waals surface area contributed by atoms with Crippen molar-refractivity contribution in [2.75, 3.05) is 0 Å². The lowest BCUT2D eigenvalue weighted by Gasteiger charge is -2.10. The van der Waals surface area contributed by atoms with Gasteiger partial charge in [0.15, 0.2) is 0 Å². The summed E-state index contributed by atoms with van der Waals surface area (Å²) in [5, 5.41) is 0.734. The molecule has 0 amide bonds. The predicted molar refractivity (Wildman–Crippen MR) is 74.8 cm³/mol. The van der Waals surface area contributed by atoms with Gasteiger partial charge in [-0.25, -0.2) is 0 Å². The van der Waals surface area contributed by atoms with Gasteiger partial charge in [-0.1, -0.05) is 35.9 Å². The van der Waals surface area contributed by atoms with E-state index in [9.17, 15) is 0 Å². The average Bonchev–Trinajstić information content (AvgIpc) is 2.38. The molecule has 2 rings (SSSR count). The highest BCUT2D eigenvalue weighted by atomic mass is 35.5. The molecule has 0 spiro atoms. The SMILES string of the molecule is C[C@H](N)c1cccc(OCc2ccc(Cl)cc2)c1. The Morgan fingerprint density at radius 2 is 1.89 bits per heavy atom. The summed E-state index contributed by atoms with van der Waals surface area (Å²) in [4.78, 5) is 0. The number of rotatable bonds is 4. The Bertz CT molecular complexity index is 508. The number of nitrogens with two attached hydrogens (primary N) is 1. The van der Waals surface area contributed by atoms with E-state index in [2.05, 4.69) is 0 Å². The van der Waals surface area contributed by atoms with Crippen LogP contribution in [-0.2, 0) is 6.61 Å². The lowest BCUT2D eigenvalue weighted by Crippen LogP contribution is -2.05. The molecule has 0 saturated heterocycles. The maximum Gasteiger partial charge on any atom is 0.120 e. The molecular formula is C15H16ClNO. The minimum atomic E-state index is 0.0177. The first kappa shape index (κ1) is 12.9. The Hall–Kier alpha value is -1.51. The standard InChI is InChI=1S/C15H16ClNO/c1-11(17)13-3-2-4-15(9-13)18-10-12-5-7-14(16)8-6-12/h2-9,11H,10,17H2,1H3/t11-/m0/s1. The normalized spacial score (nSPS) is 12.2. The summed E-state index contributed by atoms with van der Waals surface area (Å²) in [7, 11) is 0. The van der Waals surface area contributed by atoms with Crippen molar-refractivity contribution in [3.8, 4) is 5.75 Å². The Balaban J connectivity index is 2.01. The predicted octanol–water partition coefficient (Wildman–Crippen LogP) is 3.94. The summed E-state index contributed by atoms with van der Waals surface area (Å²) in [6.07, 6.45) is 0. The molecule has 0 radical (unpaired) electrons. The molecule has 2 N–H and O–H groups in total. The molecule has 1 atom stereocenters. The van der Waals surface area contributed by atoms with Gasteiger partial charge in [-0.3, -0.25) is 0 Å². The van der Waals surface area contributed by atoms with Gasteiger partial charge in [0.25, 0.3) is 0 Å². The molecule has 0 fully saturated rings. The van der Waals surface area contributed by atoms with Gasteiger partial charge in [0.1, 0.15) is 12.4 Å². The first-order chi connectivity index (χ1) is 8.65. The Morgan fingerprint density at radius 1 is 1.17 bits per heavy atom. The van der Waals surface area contributed by atoms with Gasteiger partial charge in [-0.05, 0) is 42.3 Å². The maximum absolute atomic E-state index is 5.84. The van der Waals surface area contributed by atoms with E-state index < -0.39 is 0 Å². The van der Waals surface area contributed by atoms with E-state index in [0.717, 1.165) is 21.9 Å². The number of ether oxygens (including phenoxy) is 1. The quantitative estimate of drug-likeness (QED) is 0.905. The zero-order chi connectivity index (χ0) is 13.0. The van der Waals surface area contributed by atoms with Crippen LogP contribution in [-0.4, -0.2) is 0 Å². The fourth-order valence-corrected chi connectivity index (χ4v) is 1.76. The monoisotopic (exact) mass is 261 g/mol. The summed E-state index contributed by atoms with van der Waals surface area (Å²) in [6.45, 7) is 2.48. The van der Waals surface area contributed by atoms with Crippen LogP contribution in [0.5, 0.6) is 5.75 Å². The first-order valence-electron chi connectivity index (χ1n) is 5.88.